The third-order valence-electron chi connectivity index (χ3n) is 11.7. The number of aromatic nitrogens is 1. The zero-order valence-electron chi connectivity index (χ0n) is 32.1. The number of nitrogens with one attached hydrogen (secondary N) is 4. The summed E-state index contributed by atoms with van der Waals surface area (Å²) in [5.74, 6) is -4.56. The van der Waals surface area contributed by atoms with E-state index in [1.165, 1.54) is 17.3 Å². The van der Waals surface area contributed by atoms with E-state index in [9.17, 15) is 44.4 Å². The Morgan fingerprint density at radius 3 is 2.38 bits per heavy atom. The van der Waals surface area contributed by atoms with Gasteiger partial charge >= 0.3 is 17.9 Å². The van der Waals surface area contributed by atoms with Gasteiger partial charge in [0, 0.05) is 37.8 Å². The summed E-state index contributed by atoms with van der Waals surface area (Å²) in [5.41, 5.74) is 4.03. The molecule has 4 aliphatic rings. The molecule has 5 rings (SSSR count). The van der Waals surface area contributed by atoms with Gasteiger partial charge < -0.3 is 41.1 Å². The molecule has 0 radical (unpaired) electrons. The molecule has 1 aromatic rings. The van der Waals surface area contributed by atoms with Crippen LogP contribution < -0.4 is 21.3 Å². The number of nitrogens with zero attached hydrogens (tertiary/aromatic N) is 1. The molecule has 15 nitrogen and oxygen atoms in total. The zero-order valence-corrected chi connectivity index (χ0v) is 32.9. The van der Waals surface area contributed by atoms with E-state index in [0.717, 1.165) is 80.9 Å². The minimum atomic E-state index is -2.21. The number of carbonyl (C=O) groups excluding carboxylic acids is 3. The number of ether oxygens (including phenoxy) is 1. The van der Waals surface area contributed by atoms with E-state index in [4.69, 9.17) is 4.74 Å². The molecule has 8 N–H and O–H groups in total. The van der Waals surface area contributed by atoms with Crippen molar-refractivity contribution in [3.63, 3.8) is 0 Å². The molecule has 1 aromatic heterocycles. The molecule has 16 heteroatoms. The number of carboxylic acid groups (broad SMARTS) is 2. The van der Waals surface area contributed by atoms with Crippen molar-refractivity contribution in [3.8, 4) is 0 Å². The Balaban J connectivity index is 1.50. The molecule has 0 bridgehead atoms. The fourth-order valence-corrected chi connectivity index (χ4v) is 10.7. The maximum Gasteiger partial charge on any atom is 0.353 e. The van der Waals surface area contributed by atoms with Gasteiger partial charge in [0.2, 0.25) is 18.0 Å². The first-order chi connectivity index (χ1) is 27.0. The van der Waals surface area contributed by atoms with Crippen molar-refractivity contribution in [3.05, 3.63) is 52.6 Å². The molecule has 2 heterocycles. The van der Waals surface area contributed by atoms with Crippen molar-refractivity contribution in [2.75, 3.05) is 26.1 Å². The Hall–Kier alpha value is -3.83. The van der Waals surface area contributed by atoms with Crippen LogP contribution in [0.4, 0.5) is 0 Å². The Morgan fingerprint density at radius 1 is 1.00 bits per heavy atom. The number of hydrogen-bond acceptors (Lipinski definition) is 12. The lowest BCUT2D eigenvalue weighted by Gasteiger charge is -2.40. The van der Waals surface area contributed by atoms with Crippen LogP contribution in [0.15, 0.2) is 47.0 Å². The second kappa shape index (κ2) is 20.5. The van der Waals surface area contributed by atoms with E-state index in [0.29, 0.717) is 25.0 Å². The number of aliphatic hydroxyl groups excluding tert-OH is 2. The van der Waals surface area contributed by atoms with Gasteiger partial charge in [0.15, 0.2) is 0 Å². The lowest BCUT2D eigenvalue weighted by molar-refractivity contribution is -0.151. The molecular weight excluding hydrogens is 743 g/mol. The van der Waals surface area contributed by atoms with Crippen molar-refractivity contribution in [1.82, 2.24) is 26.3 Å². The van der Waals surface area contributed by atoms with Gasteiger partial charge in [0.25, 0.3) is 0 Å². The number of aliphatic hydroxyl groups is 2. The Bertz CT molecular complexity index is 1630. The van der Waals surface area contributed by atoms with Crippen LogP contribution in [-0.4, -0.2) is 105 Å². The van der Waals surface area contributed by atoms with Gasteiger partial charge in [-0.15, -0.1) is 11.8 Å². The molecule has 0 unspecified atom stereocenters. The first-order valence-electron chi connectivity index (χ1n) is 19.9. The van der Waals surface area contributed by atoms with Crippen LogP contribution in [-0.2, 0) is 35.1 Å². The highest BCUT2D eigenvalue weighted by Crippen LogP contribution is 2.58. The summed E-state index contributed by atoms with van der Waals surface area (Å²) in [7, 11) is 1.65. The van der Waals surface area contributed by atoms with Gasteiger partial charge in [0.05, 0.1) is 5.25 Å². The lowest BCUT2D eigenvalue weighted by atomic mass is 9.67. The van der Waals surface area contributed by atoms with E-state index in [2.05, 4.69) is 26.3 Å². The maximum atomic E-state index is 14.3. The predicted octanol–water partition coefficient (Wildman–Crippen LogP) is 2.77. The summed E-state index contributed by atoms with van der Waals surface area (Å²) in [5, 5.41) is 48.9. The number of carbonyl (C=O) groups is 5. The van der Waals surface area contributed by atoms with Crippen LogP contribution in [0.25, 0.3) is 0 Å². The average molecular weight is 800 g/mol. The quantitative estimate of drug-likeness (QED) is 0.0571. The second-order valence-electron chi connectivity index (χ2n) is 15.5. The third kappa shape index (κ3) is 10.8. The first-order valence-corrected chi connectivity index (χ1v) is 20.9. The largest absolute Gasteiger partial charge is 0.480 e. The van der Waals surface area contributed by atoms with Crippen LogP contribution in [0.3, 0.4) is 0 Å². The second-order valence-corrected chi connectivity index (χ2v) is 16.6. The smallest absolute Gasteiger partial charge is 0.353 e. The standard InChI is InChI=1S/C40H57N5O10S/c1-41-23-43-28(37(50)51)10-11-30(47)44-29(35(48)45-36(49)38(52)53)22-56-34-33-31-25(8-3-2-4-14-40(34)15-5-6-16-40)21-26(20-24-12-17-42-18-13-24)27(9-7-19-46)32(31)39(54)55-33/h12-13,17-18,25,28-29,32,34,36,41,43,46,49H,2-11,14-16,19-23H2,1H3,(H,44,47)(H,45,48)(H,50,51)(H,52,53)/t25-,28-,29-,32+,34-,36-/m0/s1. The van der Waals surface area contributed by atoms with Gasteiger partial charge in [-0.2, -0.15) is 0 Å². The van der Waals surface area contributed by atoms with Crippen molar-refractivity contribution in [2.45, 2.75) is 120 Å². The molecule has 2 amide bonds. The van der Waals surface area contributed by atoms with Crippen molar-refractivity contribution >= 4 is 41.5 Å². The van der Waals surface area contributed by atoms with Gasteiger partial charge in [-0.05, 0) is 99.4 Å². The third-order valence-corrected chi connectivity index (χ3v) is 13.3. The van der Waals surface area contributed by atoms with Crippen LogP contribution in [0.2, 0.25) is 0 Å². The molecular formula is C40H57N5O10S. The number of rotatable bonds is 19. The van der Waals surface area contributed by atoms with E-state index in [-0.39, 0.29) is 54.4 Å². The van der Waals surface area contributed by atoms with Crippen LogP contribution in [0.1, 0.15) is 95.5 Å². The molecule has 308 valence electrons. The molecule has 1 spiro atoms. The predicted molar refractivity (Wildman–Crippen MR) is 208 cm³/mol. The number of carboxylic acids is 2. The monoisotopic (exact) mass is 799 g/mol. The summed E-state index contributed by atoms with van der Waals surface area (Å²) < 4.78 is 6.45. The molecule has 1 fully saturated rings. The van der Waals surface area contributed by atoms with E-state index in [1.54, 1.807) is 19.4 Å². The minimum Gasteiger partial charge on any atom is -0.480 e. The Labute approximate surface area is 331 Å². The number of allylic oxidation sites excluding steroid dienone is 1. The van der Waals surface area contributed by atoms with Gasteiger partial charge in [0.1, 0.15) is 23.8 Å². The van der Waals surface area contributed by atoms with Crippen molar-refractivity contribution in [1.29, 1.82) is 0 Å². The van der Waals surface area contributed by atoms with Gasteiger partial charge in [-0.1, -0.05) is 43.3 Å². The van der Waals surface area contributed by atoms with E-state index in [1.807, 2.05) is 12.1 Å². The minimum absolute atomic E-state index is 0.0140. The van der Waals surface area contributed by atoms with Gasteiger partial charge in [-0.3, -0.25) is 29.5 Å². The van der Waals surface area contributed by atoms with Crippen molar-refractivity contribution in [2.24, 2.45) is 17.3 Å². The zero-order chi connectivity index (χ0) is 40.2. The molecule has 6 atom stereocenters. The molecule has 0 saturated heterocycles. The van der Waals surface area contributed by atoms with E-state index >= 15 is 0 Å². The molecule has 1 aliphatic heterocycles. The average Bonchev–Trinajstić information content (AvgIpc) is 3.79. The highest BCUT2D eigenvalue weighted by atomic mass is 32.2. The number of aliphatic carboxylic acids is 2. The topological polar surface area (TPSA) is 237 Å². The van der Waals surface area contributed by atoms with Crippen molar-refractivity contribution < 1.29 is 49.1 Å². The number of esters is 1. The molecule has 0 aromatic carbocycles. The summed E-state index contributed by atoms with van der Waals surface area (Å²) in [6.45, 7) is 0.186. The first kappa shape index (κ1) is 43.3. The molecule has 3 aliphatic carbocycles. The van der Waals surface area contributed by atoms with Crippen LogP contribution >= 0.6 is 11.8 Å². The maximum absolute atomic E-state index is 14.3. The fourth-order valence-electron chi connectivity index (χ4n) is 9.04. The lowest BCUT2D eigenvalue weighted by Crippen LogP contribution is -2.53. The molecule has 56 heavy (non-hydrogen) atoms. The highest BCUT2D eigenvalue weighted by Gasteiger charge is 2.53. The number of pyridine rings is 1. The summed E-state index contributed by atoms with van der Waals surface area (Å²) in [4.78, 5) is 68.5. The summed E-state index contributed by atoms with van der Waals surface area (Å²) >= 11 is 1.41. The van der Waals surface area contributed by atoms with Crippen LogP contribution in [0, 0.1) is 17.3 Å². The Kier molecular flexibility index (Phi) is 15.9. The SMILES string of the molecule is CNCN[C@@H](CCC(=O)N[C@@H](CS[C@H]1C2=C3[C@@H](CCCCCC14CCCC4)CC(Cc1ccncc1)=C(CCCO)[C@H]3C(=O)O2)C(=O)N[C@@H](O)C(=O)O)C(=O)O. The Morgan fingerprint density at radius 2 is 1.71 bits per heavy atom. The normalized spacial score (nSPS) is 23.6. The number of thioether (sulfide) groups is 1. The number of amides is 2. The highest BCUT2D eigenvalue weighted by molar-refractivity contribution is 8.00. The molecule has 1 saturated carbocycles. The van der Waals surface area contributed by atoms with Crippen LogP contribution in [0.5, 0.6) is 0 Å². The fraction of sp³-hybridized carbons (Fsp3) is 0.650. The van der Waals surface area contributed by atoms with E-state index < -0.39 is 48.0 Å². The summed E-state index contributed by atoms with van der Waals surface area (Å²) in [6.07, 6.45) is 12.1. The van der Waals surface area contributed by atoms with Gasteiger partial charge in [-0.25, -0.2) is 4.79 Å². The summed E-state index contributed by atoms with van der Waals surface area (Å²) in [6, 6.07) is 1.64. The number of hydrogen-bond donors (Lipinski definition) is 8.